The Kier molecular flexibility index (Phi) is 6.49. The summed E-state index contributed by atoms with van der Waals surface area (Å²) in [5.41, 5.74) is 6.94. The fourth-order valence-corrected chi connectivity index (χ4v) is 2.96. The van der Waals surface area contributed by atoms with Crippen LogP contribution in [-0.4, -0.2) is 32.7 Å². The molecule has 0 saturated heterocycles. The summed E-state index contributed by atoms with van der Waals surface area (Å²) in [6.45, 7) is 1.28. The van der Waals surface area contributed by atoms with E-state index in [1.807, 2.05) is 0 Å². The number of nitrogens with zero attached hydrogens (tertiary/aromatic N) is 1. The molecule has 2 aromatic rings. The number of benzene rings is 2. The molecule has 0 atom stereocenters. The van der Waals surface area contributed by atoms with E-state index in [9.17, 15) is 22.8 Å². The van der Waals surface area contributed by atoms with Crippen LogP contribution in [0.15, 0.2) is 53.4 Å². The van der Waals surface area contributed by atoms with E-state index >= 15 is 0 Å². The van der Waals surface area contributed by atoms with Crippen LogP contribution in [0.4, 0.5) is 11.4 Å². The first-order valence-electron chi connectivity index (χ1n) is 8.19. The molecule has 28 heavy (non-hydrogen) atoms. The zero-order chi connectivity index (χ0) is 20.9. The molecule has 0 fully saturated rings. The molecule has 3 amide bonds. The van der Waals surface area contributed by atoms with E-state index in [-0.39, 0.29) is 17.1 Å². The van der Waals surface area contributed by atoms with Gasteiger partial charge in [-0.25, -0.2) is 18.5 Å². The summed E-state index contributed by atoms with van der Waals surface area (Å²) in [5, 5.41) is 7.47. The molecule has 0 bridgehead atoms. The molecule has 0 heterocycles. The van der Waals surface area contributed by atoms with Crippen LogP contribution in [0, 0.1) is 0 Å². The number of amides is 3. The molecule has 0 aliphatic rings. The van der Waals surface area contributed by atoms with Crippen LogP contribution in [0.5, 0.6) is 0 Å². The molecule has 0 unspecified atom stereocenters. The third-order valence-corrected chi connectivity index (χ3v) is 4.72. The van der Waals surface area contributed by atoms with Gasteiger partial charge in [-0.3, -0.25) is 14.4 Å². The number of hydrogen-bond donors (Lipinski definition) is 3. The average molecular weight is 404 g/mol. The third-order valence-electron chi connectivity index (χ3n) is 3.79. The Labute approximate surface area is 162 Å². The number of nitrogens with one attached hydrogen (secondary N) is 1. The van der Waals surface area contributed by atoms with Crippen molar-refractivity contribution in [3.63, 3.8) is 0 Å². The number of carbonyl (C=O) groups is 3. The lowest BCUT2D eigenvalue weighted by Crippen LogP contribution is -2.46. The maximum Gasteiger partial charge on any atom is 0.323 e. The molecule has 0 saturated carbocycles. The molecule has 148 valence electrons. The summed E-state index contributed by atoms with van der Waals surface area (Å²) >= 11 is 0. The van der Waals surface area contributed by atoms with E-state index in [0.717, 1.165) is 10.5 Å². The first kappa shape index (κ1) is 21.1. The second kappa shape index (κ2) is 8.63. The number of sulfonamides is 1. The van der Waals surface area contributed by atoms with Gasteiger partial charge in [0.05, 0.1) is 10.6 Å². The van der Waals surface area contributed by atoms with Gasteiger partial charge in [-0.15, -0.1) is 0 Å². The van der Waals surface area contributed by atoms with Gasteiger partial charge in [0.2, 0.25) is 15.9 Å². The van der Waals surface area contributed by atoms with Gasteiger partial charge in [-0.1, -0.05) is 18.2 Å². The molecule has 0 spiro atoms. The SMILES string of the molecule is CC(=O)N(C(=O)C(=O)NCCc1ccc(S(N)(=O)=O)cc1)c1cccc(N)c1. The van der Waals surface area contributed by atoms with Crippen molar-refractivity contribution >= 4 is 39.1 Å². The minimum Gasteiger partial charge on any atom is -0.399 e. The van der Waals surface area contributed by atoms with E-state index in [0.29, 0.717) is 12.1 Å². The molecule has 2 rings (SSSR count). The van der Waals surface area contributed by atoms with Gasteiger partial charge < -0.3 is 11.1 Å². The largest absolute Gasteiger partial charge is 0.399 e. The minimum atomic E-state index is -3.77. The van der Waals surface area contributed by atoms with E-state index in [1.54, 1.807) is 24.3 Å². The van der Waals surface area contributed by atoms with Crippen molar-refractivity contribution in [1.82, 2.24) is 5.32 Å². The fraction of sp³-hybridized carbons (Fsp3) is 0.167. The lowest BCUT2D eigenvalue weighted by atomic mass is 10.1. The van der Waals surface area contributed by atoms with E-state index in [4.69, 9.17) is 10.9 Å². The van der Waals surface area contributed by atoms with Crippen molar-refractivity contribution in [3.8, 4) is 0 Å². The second-order valence-corrected chi connectivity index (χ2v) is 7.51. The third kappa shape index (κ3) is 5.38. The summed E-state index contributed by atoms with van der Waals surface area (Å²) in [6, 6.07) is 11.9. The van der Waals surface area contributed by atoms with E-state index in [1.165, 1.54) is 31.2 Å². The maximum absolute atomic E-state index is 12.4. The quantitative estimate of drug-likeness (QED) is 0.476. The van der Waals surface area contributed by atoms with Crippen LogP contribution in [-0.2, 0) is 30.8 Å². The van der Waals surface area contributed by atoms with Crippen molar-refractivity contribution in [2.24, 2.45) is 5.14 Å². The van der Waals surface area contributed by atoms with Crippen molar-refractivity contribution < 1.29 is 22.8 Å². The number of carbonyl (C=O) groups excluding carboxylic acids is 3. The number of hydrogen-bond acceptors (Lipinski definition) is 6. The Hall–Kier alpha value is -3.24. The zero-order valence-corrected chi connectivity index (χ0v) is 15.9. The number of anilines is 2. The van der Waals surface area contributed by atoms with Crippen LogP contribution in [0.3, 0.4) is 0 Å². The van der Waals surface area contributed by atoms with Crippen molar-refractivity contribution in [1.29, 1.82) is 0 Å². The van der Waals surface area contributed by atoms with Gasteiger partial charge >= 0.3 is 11.8 Å². The van der Waals surface area contributed by atoms with Gasteiger partial charge in [-0.2, -0.15) is 0 Å². The molecule has 0 aliphatic carbocycles. The number of imide groups is 1. The highest BCUT2D eigenvalue weighted by molar-refractivity contribution is 7.89. The van der Waals surface area contributed by atoms with Crippen molar-refractivity contribution in [3.05, 3.63) is 54.1 Å². The van der Waals surface area contributed by atoms with Gasteiger partial charge in [0.25, 0.3) is 0 Å². The van der Waals surface area contributed by atoms with Crippen LogP contribution in [0.25, 0.3) is 0 Å². The molecular weight excluding hydrogens is 384 g/mol. The lowest BCUT2D eigenvalue weighted by molar-refractivity contribution is -0.139. The second-order valence-electron chi connectivity index (χ2n) is 5.95. The number of nitrogens with two attached hydrogens (primary N) is 2. The highest BCUT2D eigenvalue weighted by atomic mass is 32.2. The van der Waals surface area contributed by atoms with E-state index in [2.05, 4.69) is 5.32 Å². The monoisotopic (exact) mass is 404 g/mol. The van der Waals surface area contributed by atoms with Gasteiger partial charge in [-0.05, 0) is 42.3 Å². The fourth-order valence-electron chi connectivity index (χ4n) is 2.45. The van der Waals surface area contributed by atoms with Crippen LogP contribution in [0.2, 0.25) is 0 Å². The molecule has 5 N–H and O–H groups in total. The van der Waals surface area contributed by atoms with Gasteiger partial charge in [0, 0.05) is 19.2 Å². The summed E-state index contributed by atoms with van der Waals surface area (Å²) in [4.78, 5) is 37.1. The number of rotatable bonds is 5. The molecule has 10 heteroatoms. The minimum absolute atomic E-state index is 0.0188. The Bertz CT molecular complexity index is 1000. The van der Waals surface area contributed by atoms with Crippen LogP contribution < -0.4 is 21.1 Å². The molecule has 9 nitrogen and oxygen atoms in total. The van der Waals surface area contributed by atoms with Crippen LogP contribution in [0.1, 0.15) is 12.5 Å². The Morgan fingerprint density at radius 1 is 1.07 bits per heavy atom. The highest BCUT2D eigenvalue weighted by Gasteiger charge is 2.26. The van der Waals surface area contributed by atoms with Gasteiger partial charge in [0.1, 0.15) is 0 Å². The first-order valence-corrected chi connectivity index (χ1v) is 9.74. The summed E-state index contributed by atoms with van der Waals surface area (Å²) < 4.78 is 22.4. The summed E-state index contributed by atoms with van der Waals surface area (Å²) in [7, 11) is -3.77. The first-order chi connectivity index (χ1) is 13.1. The summed E-state index contributed by atoms with van der Waals surface area (Å²) in [6.07, 6.45) is 0.349. The predicted octanol–water partition coefficient (Wildman–Crippen LogP) is 0.155. The average Bonchev–Trinajstić information content (AvgIpc) is 2.61. The number of primary sulfonamides is 1. The van der Waals surface area contributed by atoms with E-state index < -0.39 is 27.7 Å². The normalized spacial score (nSPS) is 10.9. The van der Waals surface area contributed by atoms with Crippen LogP contribution >= 0.6 is 0 Å². The Morgan fingerprint density at radius 2 is 1.71 bits per heavy atom. The summed E-state index contributed by atoms with van der Waals surface area (Å²) in [5.74, 6) is -2.59. The molecule has 0 radical (unpaired) electrons. The highest BCUT2D eigenvalue weighted by Crippen LogP contribution is 2.18. The standard InChI is InChI=1S/C18H20N4O5S/c1-12(23)22(15-4-2-3-14(19)11-15)18(25)17(24)21-10-9-13-5-7-16(8-6-13)28(20,26)27/h2-8,11H,9-10,19H2,1H3,(H,21,24)(H2,20,26,27). The topological polar surface area (TPSA) is 153 Å². The lowest BCUT2D eigenvalue weighted by Gasteiger charge is -2.19. The molecule has 2 aromatic carbocycles. The molecule has 0 aliphatic heterocycles. The Balaban J connectivity index is 1.99. The molecule has 0 aromatic heterocycles. The number of nitrogen functional groups attached to an aromatic ring is 1. The van der Waals surface area contributed by atoms with Crippen molar-refractivity contribution in [2.75, 3.05) is 17.2 Å². The Morgan fingerprint density at radius 3 is 2.25 bits per heavy atom. The van der Waals surface area contributed by atoms with Gasteiger partial charge in [0.15, 0.2) is 0 Å². The zero-order valence-electron chi connectivity index (χ0n) is 15.1. The molecular formula is C18H20N4O5S. The maximum atomic E-state index is 12.4. The predicted molar refractivity (Wildman–Crippen MR) is 104 cm³/mol. The van der Waals surface area contributed by atoms with Crippen molar-refractivity contribution in [2.45, 2.75) is 18.2 Å². The smallest absolute Gasteiger partial charge is 0.323 e.